The second-order valence-electron chi connectivity index (χ2n) is 5.50. The maximum atomic E-state index is 12.1. The quantitative estimate of drug-likeness (QED) is 0.524. The number of rotatable bonds is 5. The van der Waals surface area contributed by atoms with Gasteiger partial charge in [-0.05, 0) is 0 Å². The molecule has 0 saturated carbocycles. The van der Waals surface area contributed by atoms with Crippen LogP contribution in [0.2, 0.25) is 0 Å². The monoisotopic (exact) mass is 378 g/mol. The van der Waals surface area contributed by atoms with Crippen LogP contribution in [0.1, 0.15) is 18.2 Å². The number of hydrogen-bond donors (Lipinski definition) is 4. The number of aromatic nitrogens is 2. The molecule has 1 aromatic heterocycles. The van der Waals surface area contributed by atoms with Crippen LogP contribution in [0.4, 0.5) is 19.0 Å². The molecule has 1 saturated heterocycles. The van der Waals surface area contributed by atoms with Gasteiger partial charge in [0.15, 0.2) is 0 Å². The number of carbonyl (C=O) groups is 1. The molecule has 1 amide bonds. The number of anilines is 1. The van der Waals surface area contributed by atoms with Gasteiger partial charge in [0.2, 0.25) is 0 Å². The lowest BCUT2D eigenvalue weighted by Gasteiger charge is -2.15. The van der Waals surface area contributed by atoms with Crippen molar-refractivity contribution in [2.24, 2.45) is 0 Å². The highest BCUT2D eigenvalue weighted by atomic mass is 19.4. The summed E-state index contributed by atoms with van der Waals surface area (Å²) in [6, 6.07) is 0. The van der Waals surface area contributed by atoms with Crippen LogP contribution in [0, 0.1) is 0 Å². The first-order chi connectivity index (χ1) is 12.1. The molecule has 1 fully saturated rings. The van der Waals surface area contributed by atoms with E-state index in [0.717, 1.165) is 4.57 Å². The van der Waals surface area contributed by atoms with Gasteiger partial charge in [-0.1, -0.05) is 12.2 Å². The Bertz CT molecular complexity index is 749. The van der Waals surface area contributed by atoms with Crippen LogP contribution in [0.15, 0.2) is 17.1 Å². The van der Waals surface area contributed by atoms with Crippen LogP contribution in [-0.4, -0.2) is 57.2 Å². The number of hydrogen-bond acceptors (Lipinski definition) is 7. The summed E-state index contributed by atoms with van der Waals surface area (Å²) in [5, 5.41) is 20.5. The Morgan fingerprint density at radius 3 is 2.81 bits per heavy atom. The topological polar surface area (TPSA) is 140 Å². The van der Waals surface area contributed by atoms with Gasteiger partial charge in [0.05, 0.1) is 12.7 Å². The zero-order chi connectivity index (χ0) is 19.5. The number of nitrogens with two attached hydrogens (primary N) is 1. The van der Waals surface area contributed by atoms with E-state index in [1.807, 2.05) is 0 Å². The molecule has 0 aromatic carbocycles. The first-order valence-electron chi connectivity index (χ1n) is 7.48. The van der Waals surface area contributed by atoms with Crippen molar-refractivity contribution >= 4 is 17.8 Å². The Labute approximate surface area is 144 Å². The molecule has 0 spiro atoms. The van der Waals surface area contributed by atoms with Gasteiger partial charge >= 0.3 is 17.8 Å². The Hall–Kier alpha value is -2.44. The van der Waals surface area contributed by atoms with Crippen LogP contribution in [0.5, 0.6) is 0 Å². The maximum Gasteiger partial charge on any atom is 0.471 e. The van der Waals surface area contributed by atoms with Gasteiger partial charge < -0.3 is 26.0 Å². The van der Waals surface area contributed by atoms with Gasteiger partial charge in [-0.3, -0.25) is 9.36 Å². The first-order valence-corrected chi connectivity index (χ1v) is 7.48. The number of aliphatic hydroxyl groups excluding tert-OH is 2. The predicted octanol–water partition coefficient (Wildman–Crippen LogP) is -0.842. The lowest BCUT2D eigenvalue weighted by Crippen LogP contribution is -2.36. The van der Waals surface area contributed by atoms with Crippen molar-refractivity contribution in [3.05, 3.63) is 28.3 Å². The summed E-state index contributed by atoms with van der Waals surface area (Å²) in [5.41, 5.74) is 5.06. The van der Waals surface area contributed by atoms with Gasteiger partial charge in [0.1, 0.15) is 18.1 Å². The molecule has 0 unspecified atom stereocenters. The van der Waals surface area contributed by atoms with Crippen molar-refractivity contribution in [2.45, 2.75) is 31.0 Å². The van der Waals surface area contributed by atoms with Crippen LogP contribution in [0.25, 0.3) is 6.08 Å². The highest BCUT2D eigenvalue weighted by Gasteiger charge is 2.38. The fourth-order valence-corrected chi connectivity index (χ4v) is 2.32. The third kappa shape index (κ3) is 4.59. The summed E-state index contributed by atoms with van der Waals surface area (Å²) >= 11 is 0. The van der Waals surface area contributed by atoms with Crippen molar-refractivity contribution in [2.75, 3.05) is 18.9 Å². The fourth-order valence-electron chi connectivity index (χ4n) is 2.32. The smallest absolute Gasteiger partial charge is 0.394 e. The van der Waals surface area contributed by atoms with Crippen LogP contribution in [0.3, 0.4) is 0 Å². The van der Waals surface area contributed by atoms with E-state index in [1.54, 1.807) is 5.32 Å². The average Bonchev–Trinajstić information content (AvgIpc) is 2.92. The van der Waals surface area contributed by atoms with E-state index in [9.17, 15) is 27.9 Å². The van der Waals surface area contributed by atoms with Crippen molar-refractivity contribution in [1.29, 1.82) is 0 Å². The largest absolute Gasteiger partial charge is 0.471 e. The van der Waals surface area contributed by atoms with Crippen LogP contribution in [-0.2, 0) is 9.53 Å². The van der Waals surface area contributed by atoms with Crippen LogP contribution < -0.4 is 16.7 Å². The summed E-state index contributed by atoms with van der Waals surface area (Å²) in [4.78, 5) is 26.2. The Morgan fingerprint density at radius 1 is 1.54 bits per heavy atom. The molecule has 26 heavy (non-hydrogen) atoms. The molecule has 1 aliphatic rings. The number of ether oxygens (including phenoxy) is 1. The van der Waals surface area contributed by atoms with E-state index in [-0.39, 0.29) is 17.8 Å². The van der Waals surface area contributed by atoms with Gasteiger partial charge in [0, 0.05) is 24.7 Å². The minimum Gasteiger partial charge on any atom is -0.394 e. The summed E-state index contributed by atoms with van der Waals surface area (Å²) in [6.07, 6.45) is -3.88. The molecule has 0 aliphatic carbocycles. The van der Waals surface area contributed by atoms with Gasteiger partial charge in [-0.25, -0.2) is 4.79 Å². The molecule has 12 heteroatoms. The third-order valence-corrected chi connectivity index (χ3v) is 3.64. The number of alkyl halides is 3. The molecule has 2 rings (SSSR count). The highest BCUT2D eigenvalue weighted by molar-refractivity contribution is 5.81. The highest BCUT2D eigenvalue weighted by Crippen LogP contribution is 2.27. The summed E-state index contributed by atoms with van der Waals surface area (Å²) in [7, 11) is 0. The number of carbonyl (C=O) groups excluding carboxylic acids is 1. The molecule has 144 valence electrons. The lowest BCUT2D eigenvalue weighted by atomic mass is 10.2. The van der Waals surface area contributed by atoms with E-state index in [0.29, 0.717) is 0 Å². The summed E-state index contributed by atoms with van der Waals surface area (Å²) in [5.74, 6) is -2.25. The van der Waals surface area contributed by atoms with E-state index in [4.69, 9.17) is 15.6 Å². The van der Waals surface area contributed by atoms with Crippen molar-refractivity contribution in [3.8, 4) is 0 Å². The van der Waals surface area contributed by atoms with Crippen molar-refractivity contribution in [1.82, 2.24) is 14.9 Å². The SMILES string of the molecule is Nc1nc(=O)n([C@@H]2C[C@@H](O)[C@H](CO)O2)cc1/C=C/CNC(=O)C(F)(F)F. The number of halogens is 3. The van der Waals surface area contributed by atoms with Crippen molar-refractivity contribution < 1.29 is 32.9 Å². The fraction of sp³-hybridized carbons (Fsp3) is 0.500. The molecule has 2 heterocycles. The van der Waals surface area contributed by atoms with E-state index in [2.05, 4.69) is 4.98 Å². The summed E-state index contributed by atoms with van der Waals surface area (Å²) in [6.45, 7) is -0.845. The standard InChI is InChI=1S/C14H17F3N4O5/c15-14(16,17)12(24)19-3-1-2-7-5-21(13(25)20-11(7)18)10-4-8(23)9(6-22)26-10/h1-2,5,8-10,22-23H,3-4,6H2,(H,19,24)(H2,18,20,25)/b2-1+/t8-,9+,10+/m1/s1. The second kappa shape index (κ2) is 7.85. The zero-order valence-corrected chi connectivity index (χ0v) is 13.3. The number of nitrogens with one attached hydrogen (secondary N) is 1. The number of nitrogens with zero attached hydrogens (tertiary/aromatic N) is 2. The molecular weight excluding hydrogens is 361 g/mol. The van der Waals surface area contributed by atoms with E-state index in [1.165, 1.54) is 18.3 Å². The lowest BCUT2D eigenvalue weighted by molar-refractivity contribution is -0.173. The zero-order valence-electron chi connectivity index (χ0n) is 13.3. The minimum atomic E-state index is -4.98. The third-order valence-electron chi connectivity index (χ3n) is 3.64. The van der Waals surface area contributed by atoms with E-state index < -0.39 is 49.4 Å². The van der Waals surface area contributed by atoms with E-state index >= 15 is 0 Å². The number of nitrogen functional groups attached to an aromatic ring is 1. The Kier molecular flexibility index (Phi) is 6.00. The van der Waals surface area contributed by atoms with Crippen molar-refractivity contribution in [3.63, 3.8) is 0 Å². The average molecular weight is 378 g/mol. The molecular formula is C14H17F3N4O5. The predicted molar refractivity (Wildman–Crippen MR) is 82.6 cm³/mol. The Balaban J connectivity index is 2.12. The van der Waals surface area contributed by atoms with Gasteiger partial charge in [0.25, 0.3) is 0 Å². The molecule has 5 N–H and O–H groups in total. The number of amides is 1. The normalized spacial score (nSPS) is 23.5. The van der Waals surface area contributed by atoms with Gasteiger partial charge in [-0.2, -0.15) is 18.2 Å². The molecule has 9 nitrogen and oxygen atoms in total. The molecule has 0 radical (unpaired) electrons. The molecule has 1 aromatic rings. The molecule has 0 bridgehead atoms. The van der Waals surface area contributed by atoms with Crippen LogP contribution >= 0.6 is 0 Å². The maximum absolute atomic E-state index is 12.1. The minimum absolute atomic E-state index is 0.0432. The molecule has 1 aliphatic heterocycles. The summed E-state index contributed by atoms with van der Waals surface area (Å²) < 4.78 is 42.6. The molecule has 3 atom stereocenters. The Morgan fingerprint density at radius 2 is 2.23 bits per heavy atom. The number of aliphatic hydroxyl groups is 2. The second-order valence-corrected chi connectivity index (χ2v) is 5.50. The van der Waals surface area contributed by atoms with Gasteiger partial charge in [-0.15, -0.1) is 0 Å². The first kappa shape index (κ1) is 19.9.